The van der Waals surface area contributed by atoms with E-state index in [0.29, 0.717) is 24.2 Å². The van der Waals surface area contributed by atoms with Gasteiger partial charge in [-0.15, -0.1) is 0 Å². The van der Waals surface area contributed by atoms with Crippen LogP contribution in [0.1, 0.15) is 17.5 Å². The smallest absolute Gasteiger partial charge is 0.203 e. The number of ketones is 1. The van der Waals surface area contributed by atoms with Crippen LogP contribution < -0.4 is 0 Å². The minimum Gasteiger partial charge on any atom is -0.381 e. The Morgan fingerprint density at radius 3 is 3.00 bits per heavy atom. The van der Waals surface area contributed by atoms with E-state index in [1.54, 1.807) is 4.68 Å². The van der Waals surface area contributed by atoms with Crippen LogP contribution in [0.5, 0.6) is 0 Å². The molecular formula is C10H13N3O2. The van der Waals surface area contributed by atoms with Crippen molar-refractivity contribution in [3.8, 4) is 0 Å². The zero-order valence-electron chi connectivity index (χ0n) is 8.59. The van der Waals surface area contributed by atoms with Crippen LogP contribution in [0.15, 0.2) is 6.33 Å². The summed E-state index contributed by atoms with van der Waals surface area (Å²) < 4.78 is 6.93. The van der Waals surface area contributed by atoms with Gasteiger partial charge in [-0.25, -0.2) is 9.67 Å². The highest BCUT2D eigenvalue weighted by Gasteiger charge is 2.58. The summed E-state index contributed by atoms with van der Waals surface area (Å²) in [5.41, 5.74) is 0. The maximum Gasteiger partial charge on any atom is 0.203 e. The third-order valence-electron chi connectivity index (χ3n) is 3.39. The van der Waals surface area contributed by atoms with Crippen molar-refractivity contribution in [3.05, 3.63) is 12.2 Å². The Kier molecular flexibility index (Phi) is 1.88. The van der Waals surface area contributed by atoms with Gasteiger partial charge in [0.2, 0.25) is 5.78 Å². The van der Waals surface area contributed by atoms with E-state index >= 15 is 0 Å². The molecule has 0 N–H and O–H groups in total. The molecule has 2 atom stereocenters. The molecule has 3 rings (SSSR count). The lowest BCUT2D eigenvalue weighted by Crippen LogP contribution is -2.16. The number of carbonyl (C=O) groups is 1. The van der Waals surface area contributed by atoms with Crippen molar-refractivity contribution in [1.29, 1.82) is 0 Å². The lowest BCUT2D eigenvalue weighted by atomic mass is 10.2. The highest BCUT2D eigenvalue weighted by atomic mass is 16.5. The van der Waals surface area contributed by atoms with Gasteiger partial charge in [-0.3, -0.25) is 4.79 Å². The van der Waals surface area contributed by atoms with E-state index in [4.69, 9.17) is 4.74 Å². The SMILES string of the molecule is CCn1ncnc1C(=O)C1C2COCC21. The van der Waals surface area contributed by atoms with Crippen LogP contribution in [0.25, 0.3) is 0 Å². The lowest BCUT2D eigenvalue weighted by molar-refractivity contribution is 0.0878. The standard InChI is InChI=1S/C10H13N3O2/c1-2-13-10(11-5-12-13)9(14)8-6-3-15-4-7(6)8/h5-8H,2-4H2,1H3. The van der Waals surface area contributed by atoms with Gasteiger partial charge in [-0.1, -0.05) is 0 Å². The quantitative estimate of drug-likeness (QED) is 0.672. The Bertz CT molecular complexity index is 391. The fourth-order valence-corrected chi connectivity index (χ4v) is 2.46. The molecule has 1 aromatic rings. The first kappa shape index (κ1) is 9.03. The van der Waals surface area contributed by atoms with Gasteiger partial charge in [0.15, 0.2) is 5.82 Å². The average Bonchev–Trinajstić information content (AvgIpc) is 2.72. The molecule has 2 heterocycles. The second-order valence-electron chi connectivity index (χ2n) is 4.15. The molecule has 15 heavy (non-hydrogen) atoms. The Balaban J connectivity index is 1.81. The molecular weight excluding hydrogens is 194 g/mol. The van der Waals surface area contributed by atoms with Gasteiger partial charge in [-0.2, -0.15) is 5.10 Å². The summed E-state index contributed by atoms with van der Waals surface area (Å²) >= 11 is 0. The summed E-state index contributed by atoms with van der Waals surface area (Å²) in [6, 6.07) is 0. The highest BCUT2D eigenvalue weighted by molar-refractivity contribution is 5.97. The molecule has 0 spiro atoms. The van der Waals surface area contributed by atoms with Crippen LogP contribution in [0.4, 0.5) is 0 Å². The molecule has 1 saturated carbocycles. The number of nitrogens with zero attached hydrogens (tertiary/aromatic N) is 3. The third kappa shape index (κ3) is 1.23. The van der Waals surface area contributed by atoms with Crippen molar-refractivity contribution in [1.82, 2.24) is 14.8 Å². The van der Waals surface area contributed by atoms with Gasteiger partial charge >= 0.3 is 0 Å². The van der Waals surface area contributed by atoms with E-state index in [9.17, 15) is 4.79 Å². The molecule has 0 aromatic carbocycles. The second kappa shape index (κ2) is 3.13. The first-order valence-electron chi connectivity index (χ1n) is 5.32. The summed E-state index contributed by atoms with van der Waals surface area (Å²) in [5, 5.41) is 4.01. The Hall–Kier alpha value is -1.23. The molecule has 1 aliphatic carbocycles. The van der Waals surface area contributed by atoms with Crippen LogP contribution in [-0.4, -0.2) is 33.8 Å². The Morgan fingerprint density at radius 2 is 2.33 bits per heavy atom. The largest absolute Gasteiger partial charge is 0.381 e. The van der Waals surface area contributed by atoms with Crippen molar-refractivity contribution < 1.29 is 9.53 Å². The van der Waals surface area contributed by atoms with Gasteiger partial charge < -0.3 is 4.74 Å². The molecule has 2 fully saturated rings. The Labute approximate surface area is 87.4 Å². The van der Waals surface area contributed by atoms with Gasteiger partial charge in [0, 0.05) is 12.5 Å². The summed E-state index contributed by atoms with van der Waals surface area (Å²) in [5.74, 6) is 1.69. The number of rotatable bonds is 3. The van der Waals surface area contributed by atoms with Crippen molar-refractivity contribution in [2.45, 2.75) is 13.5 Å². The van der Waals surface area contributed by atoms with Crippen molar-refractivity contribution >= 4 is 5.78 Å². The van der Waals surface area contributed by atoms with Gasteiger partial charge in [0.25, 0.3) is 0 Å². The zero-order valence-corrected chi connectivity index (χ0v) is 8.59. The van der Waals surface area contributed by atoms with Gasteiger partial charge in [0.05, 0.1) is 13.2 Å². The minimum atomic E-state index is 0.146. The number of aryl methyl sites for hydroxylation is 1. The molecule has 1 aliphatic heterocycles. The van der Waals surface area contributed by atoms with Gasteiger partial charge in [0.1, 0.15) is 6.33 Å². The summed E-state index contributed by atoms with van der Waals surface area (Å²) in [6.07, 6.45) is 1.45. The predicted octanol–water partition coefficient (Wildman–Crippen LogP) is 0.373. The van der Waals surface area contributed by atoms with E-state index in [1.807, 2.05) is 6.92 Å². The summed E-state index contributed by atoms with van der Waals surface area (Å²) in [7, 11) is 0. The fraction of sp³-hybridized carbons (Fsp3) is 0.700. The average molecular weight is 207 g/mol. The molecule has 0 bridgehead atoms. The van der Waals surface area contributed by atoms with E-state index in [0.717, 1.165) is 13.2 Å². The molecule has 0 amide bonds. The number of fused-ring (bicyclic) bond motifs is 1. The van der Waals surface area contributed by atoms with Crippen LogP contribution in [0, 0.1) is 17.8 Å². The third-order valence-corrected chi connectivity index (χ3v) is 3.39. The highest BCUT2D eigenvalue weighted by Crippen LogP contribution is 2.51. The van der Waals surface area contributed by atoms with Crippen molar-refractivity contribution in [3.63, 3.8) is 0 Å². The molecule has 2 aliphatic rings. The first-order chi connectivity index (χ1) is 7.33. The molecule has 1 aromatic heterocycles. The van der Waals surface area contributed by atoms with E-state index in [1.165, 1.54) is 6.33 Å². The maximum atomic E-state index is 12.1. The van der Waals surface area contributed by atoms with Gasteiger partial charge in [-0.05, 0) is 18.8 Å². The number of carbonyl (C=O) groups excluding carboxylic acids is 1. The fourth-order valence-electron chi connectivity index (χ4n) is 2.46. The monoisotopic (exact) mass is 207 g/mol. The van der Waals surface area contributed by atoms with Crippen LogP contribution in [0.2, 0.25) is 0 Å². The molecule has 2 unspecified atom stereocenters. The van der Waals surface area contributed by atoms with Crippen molar-refractivity contribution in [2.24, 2.45) is 17.8 Å². The molecule has 0 radical (unpaired) electrons. The molecule has 5 nitrogen and oxygen atoms in total. The van der Waals surface area contributed by atoms with Crippen LogP contribution in [0.3, 0.4) is 0 Å². The molecule has 80 valence electrons. The first-order valence-corrected chi connectivity index (χ1v) is 5.32. The number of Topliss-reactive ketones (excluding diaryl/α,β-unsaturated/α-hetero) is 1. The Morgan fingerprint density at radius 1 is 1.60 bits per heavy atom. The summed E-state index contributed by atoms with van der Waals surface area (Å²) in [4.78, 5) is 16.1. The number of ether oxygens (including phenoxy) is 1. The lowest BCUT2D eigenvalue weighted by Gasteiger charge is -2.03. The minimum absolute atomic E-state index is 0.146. The number of hydrogen-bond acceptors (Lipinski definition) is 4. The van der Waals surface area contributed by atoms with E-state index < -0.39 is 0 Å². The molecule has 1 saturated heterocycles. The van der Waals surface area contributed by atoms with Crippen LogP contribution >= 0.6 is 0 Å². The second-order valence-corrected chi connectivity index (χ2v) is 4.15. The maximum absolute atomic E-state index is 12.1. The van der Waals surface area contributed by atoms with E-state index in [-0.39, 0.29) is 11.7 Å². The zero-order chi connectivity index (χ0) is 10.4. The van der Waals surface area contributed by atoms with Crippen LogP contribution in [-0.2, 0) is 11.3 Å². The van der Waals surface area contributed by atoms with E-state index in [2.05, 4.69) is 10.1 Å². The topological polar surface area (TPSA) is 57.0 Å². The predicted molar refractivity (Wildman–Crippen MR) is 51.3 cm³/mol. The summed E-state index contributed by atoms with van der Waals surface area (Å²) in [6.45, 7) is 4.13. The number of aromatic nitrogens is 3. The number of hydrogen-bond donors (Lipinski definition) is 0. The molecule has 5 heteroatoms. The van der Waals surface area contributed by atoms with Crippen molar-refractivity contribution in [2.75, 3.05) is 13.2 Å². The normalized spacial score (nSPS) is 32.7.